The van der Waals surface area contributed by atoms with Gasteiger partial charge >= 0.3 is 0 Å². The van der Waals surface area contributed by atoms with Gasteiger partial charge in [0, 0.05) is 25.8 Å². The third-order valence-electron chi connectivity index (χ3n) is 4.74. The fraction of sp³-hybridized carbons (Fsp3) is 0.368. The lowest BCUT2D eigenvalue weighted by Crippen LogP contribution is -2.53. The fourth-order valence-corrected chi connectivity index (χ4v) is 3.22. The van der Waals surface area contributed by atoms with E-state index in [2.05, 4.69) is 5.32 Å². The summed E-state index contributed by atoms with van der Waals surface area (Å²) >= 11 is 0. The Hall–Kier alpha value is -2.40. The van der Waals surface area contributed by atoms with Crippen LogP contribution < -0.4 is 5.32 Å². The number of nitrogens with one attached hydrogen (secondary N) is 1. The first-order valence-corrected chi connectivity index (χ1v) is 8.14. The lowest BCUT2D eigenvalue weighted by Gasteiger charge is -2.33. The van der Waals surface area contributed by atoms with Crippen molar-refractivity contribution < 1.29 is 14.3 Å². The summed E-state index contributed by atoms with van der Waals surface area (Å²) in [6, 6.07) is 13.8. The van der Waals surface area contributed by atoms with Crippen molar-refractivity contribution in [3.05, 3.63) is 42.5 Å². The number of ether oxygens (including phenoxy) is 1. The Morgan fingerprint density at radius 2 is 2.00 bits per heavy atom. The average Bonchev–Trinajstić information content (AvgIpc) is 2.89. The van der Waals surface area contributed by atoms with Crippen molar-refractivity contribution in [1.29, 1.82) is 0 Å². The number of carbonyl (C=O) groups excluding carboxylic acids is 2. The number of benzene rings is 2. The van der Waals surface area contributed by atoms with Gasteiger partial charge in [0.2, 0.25) is 11.8 Å². The van der Waals surface area contributed by atoms with Crippen LogP contribution in [0.2, 0.25) is 0 Å². The molecule has 1 N–H and O–H groups in total. The standard InChI is InChI=1S/C19H22N2O3/c1-19(10-9-17(22)21(19)11-12-24-2)18(23)20-16-8-7-14-5-3-4-6-15(14)13-16/h3-8,13H,9-12H2,1-2H3,(H,20,23). The first-order valence-electron chi connectivity index (χ1n) is 8.14. The molecule has 24 heavy (non-hydrogen) atoms. The summed E-state index contributed by atoms with van der Waals surface area (Å²) in [5.74, 6) is -0.150. The number of amides is 2. The van der Waals surface area contributed by atoms with Crippen LogP contribution in [0.4, 0.5) is 5.69 Å². The monoisotopic (exact) mass is 326 g/mol. The number of rotatable bonds is 5. The van der Waals surface area contributed by atoms with E-state index in [1.807, 2.05) is 49.4 Å². The summed E-state index contributed by atoms with van der Waals surface area (Å²) in [5, 5.41) is 5.16. The number of hydrogen-bond donors (Lipinski definition) is 1. The van der Waals surface area contributed by atoms with E-state index >= 15 is 0 Å². The maximum absolute atomic E-state index is 12.8. The minimum absolute atomic E-state index is 0.00297. The van der Waals surface area contributed by atoms with Crippen molar-refractivity contribution in [2.45, 2.75) is 25.3 Å². The minimum atomic E-state index is -0.832. The first kappa shape index (κ1) is 16.5. The van der Waals surface area contributed by atoms with Gasteiger partial charge in [-0.05, 0) is 36.2 Å². The van der Waals surface area contributed by atoms with Crippen LogP contribution >= 0.6 is 0 Å². The van der Waals surface area contributed by atoms with Gasteiger partial charge in [0.1, 0.15) is 5.54 Å². The predicted molar refractivity (Wildman–Crippen MR) is 93.8 cm³/mol. The largest absolute Gasteiger partial charge is 0.383 e. The van der Waals surface area contributed by atoms with Gasteiger partial charge in [-0.1, -0.05) is 30.3 Å². The van der Waals surface area contributed by atoms with Crippen molar-refractivity contribution in [1.82, 2.24) is 4.90 Å². The molecule has 0 spiro atoms. The fourth-order valence-electron chi connectivity index (χ4n) is 3.22. The summed E-state index contributed by atoms with van der Waals surface area (Å²) < 4.78 is 5.07. The molecule has 3 rings (SSSR count). The zero-order valence-electron chi connectivity index (χ0n) is 14.0. The van der Waals surface area contributed by atoms with Crippen molar-refractivity contribution >= 4 is 28.3 Å². The highest BCUT2D eigenvalue weighted by molar-refractivity contribution is 6.03. The Labute approximate surface area is 141 Å². The molecule has 0 aromatic heterocycles. The molecule has 1 fully saturated rings. The average molecular weight is 326 g/mol. The maximum Gasteiger partial charge on any atom is 0.250 e. The number of nitrogens with zero attached hydrogens (tertiary/aromatic N) is 1. The third kappa shape index (κ3) is 2.99. The first-order chi connectivity index (χ1) is 11.5. The van der Waals surface area contributed by atoms with E-state index in [0.717, 1.165) is 16.5 Å². The predicted octanol–water partition coefficient (Wildman–Crippen LogP) is 2.81. The topological polar surface area (TPSA) is 58.6 Å². The lowest BCUT2D eigenvalue weighted by atomic mass is 9.97. The van der Waals surface area contributed by atoms with Crippen molar-refractivity contribution in [2.75, 3.05) is 25.6 Å². The Morgan fingerprint density at radius 3 is 2.75 bits per heavy atom. The van der Waals surface area contributed by atoms with E-state index in [1.54, 1.807) is 12.0 Å². The molecule has 2 aromatic carbocycles. The van der Waals surface area contributed by atoms with Gasteiger partial charge in [0.25, 0.3) is 0 Å². The van der Waals surface area contributed by atoms with E-state index < -0.39 is 5.54 Å². The molecule has 1 saturated heterocycles. The molecule has 126 valence electrons. The number of likely N-dealkylation sites (tertiary alicyclic amines) is 1. The zero-order valence-corrected chi connectivity index (χ0v) is 14.0. The molecular weight excluding hydrogens is 304 g/mol. The van der Waals surface area contributed by atoms with Gasteiger partial charge in [-0.3, -0.25) is 9.59 Å². The van der Waals surface area contributed by atoms with Crippen LogP contribution in [-0.2, 0) is 14.3 Å². The molecular formula is C19H22N2O3. The van der Waals surface area contributed by atoms with Crippen LogP contribution in [-0.4, -0.2) is 42.5 Å². The molecule has 5 nitrogen and oxygen atoms in total. The van der Waals surface area contributed by atoms with Gasteiger partial charge < -0.3 is 15.0 Å². The minimum Gasteiger partial charge on any atom is -0.383 e. The SMILES string of the molecule is COCCN1C(=O)CCC1(C)C(=O)Nc1ccc2ccccc2c1. The van der Waals surface area contributed by atoms with Crippen LogP contribution in [0, 0.1) is 0 Å². The number of anilines is 1. The van der Waals surface area contributed by atoms with Crippen LogP contribution in [0.3, 0.4) is 0 Å². The van der Waals surface area contributed by atoms with E-state index in [-0.39, 0.29) is 11.8 Å². The Morgan fingerprint density at radius 1 is 1.25 bits per heavy atom. The van der Waals surface area contributed by atoms with Gasteiger partial charge in [-0.2, -0.15) is 0 Å². The highest BCUT2D eigenvalue weighted by atomic mass is 16.5. The number of carbonyl (C=O) groups is 2. The second-order valence-corrected chi connectivity index (χ2v) is 6.33. The summed E-state index contributed by atoms with van der Waals surface area (Å²) in [6.07, 6.45) is 0.917. The van der Waals surface area contributed by atoms with Crippen molar-refractivity contribution in [3.8, 4) is 0 Å². The molecule has 0 bridgehead atoms. The molecule has 1 aliphatic heterocycles. The highest BCUT2D eigenvalue weighted by Gasteiger charge is 2.46. The van der Waals surface area contributed by atoms with Crippen molar-refractivity contribution in [2.24, 2.45) is 0 Å². The van der Waals surface area contributed by atoms with Crippen LogP contribution in [0.15, 0.2) is 42.5 Å². The number of fused-ring (bicyclic) bond motifs is 1. The highest BCUT2D eigenvalue weighted by Crippen LogP contribution is 2.31. The molecule has 1 unspecified atom stereocenters. The van der Waals surface area contributed by atoms with Crippen LogP contribution in [0.5, 0.6) is 0 Å². The van der Waals surface area contributed by atoms with Gasteiger partial charge in [0.05, 0.1) is 6.61 Å². The van der Waals surface area contributed by atoms with Gasteiger partial charge in [-0.15, -0.1) is 0 Å². The molecule has 1 heterocycles. The molecule has 2 aromatic rings. The quantitative estimate of drug-likeness (QED) is 0.919. The summed E-state index contributed by atoms with van der Waals surface area (Å²) in [4.78, 5) is 26.6. The molecule has 1 aliphatic rings. The second-order valence-electron chi connectivity index (χ2n) is 6.33. The summed E-state index contributed by atoms with van der Waals surface area (Å²) in [5.41, 5.74) is -0.0905. The van der Waals surface area contributed by atoms with E-state index in [1.165, 1.54) is 0 Å². The maximum atomic E-state index is 12.8. The van der Waals surface area contributed by atoms with Crippen LogP contribution in [0.25, 0.3) is 10.8 Å². The summed E-state index contributed by atoms with van der Waals surface area (Å²) in [6.45, 7) is 2.67. The molecule has 0 aliphatic carbocycles. The summed E-state index contributed by atoms with van der Waals surface area (Å²) in [7, 11) is 1.59. The molecule has 5 heteroatoms. The number of hydrogen-bond acceptors (Lipinski definition) is 3. The Balaban J connectivity index is 1.80. The lowest BCUT2D eigenvalue weighted by molar-refractivity contribution is -0.138. The zero-order chi connectivity index (χ0) is 17.2. The third-order valence-corrected chi connectivity index (χ3v) is 4.74. The number of methoxy groups -OCH3 is 1. The van der Waals surface area contributed by atoms with E-state index in [4.69, 9.17) is 4.74 Å². The molecule has 1 atom stereocenters. The van der Waals surface area contributed by atoms with E-state index in [0.29, 0.717) is 26.0 Å². The molecule has 2 amide bonds. The smallest absolute Gasteiger partial charge is 0.250 e. The van der Waals surface area contributed by atoms with Gasteiger partial charge in [-0.25, -0.2) is 0 Å². The van der Waals surface area contributed by atoms with E-state index in [9.17, 15) is 9.59 Å². The molecule has 0 radical (unpaired) electrons. The molecule has 0 saturated carbocycles. The van der Waals surface area contributed by atoms with Gasteiger partial charge in [0.15, 0.2) is 0 Å². The normalized spacial score (nSPS) is 20.6. The van der Waals surface area contributed by atoms with Crippen molar-refractivity contribution in [3.63, 3.8) is 0 Å². The Kier molecular flexibility index (Phi) is 4.53. The van der Waals surface area contributed by atoms with Crippen LogP contribution in [0.1, 0.15) is 19.8 Å². The second kappa shape index (κ2) is 6.61. The Bertz CT molecular complexity index is 774.